The number of halogens is 2. The van der Waals surface area contributed by atoms with Gasteiger partial charge in [-0.05, 0) is 67.3 Å². The molecule has 2 aromatic rings. The van der Waals surface area contributed by atoms with E-state index >= 15 is 0 Å². The molecule has 6 nitrogen and oxygen atoms in total. The Bertz CT molecular complexity index is 1070. The van der Waals surface area contributed by atoms with E-state index in [1.165, 1.54) is 17.7 Å². The smallest absolute Gasteiger partial charge is 0.226 e. The van der Waals surface area contributed by atoms with Gasteiger partial charge in [-0.1, -0.05) is 45.0 Å². The van der Waals surface area contributed by atoms with Crippen LogP contribution in [0.4, 0.5) is 8.78 Å². The zero-order valence-electron chi connectivity index (χ0n) is 23.4. The van der Waals surface area contributed by atoms with Crippen molar-refractivity contribution < 1.29 is 23.5 Å². The lowest BCUT2D eigenvalue weighted by atomic mass is 9.72. The SMILES string of the molecule is CCCN(CCC)C(=O)C1CCC1C(=O)N[C@@H](Cc1cc(F)cc(F)c1)[C@H](O)CNCc1cccc(CC)c1. The number of carbonyl (C=O) groups is 2. The molecule has 2 amide bonds. The third kappa shape index (κ3) is 8.83. The van der Waals surface area contributed by atoms with Gasteiger partial charge in [0, 0.05) is 44.1 Å². The molecule has 2 aromatic carbocycles. The number of hydrogen-bond donors (Lipinski definition) is 3. The highest BCUT2D eigenvalue weighted by atomic mass is 19.1. The molecule has 0 radical (unpaired) electrons. The molecule has 1 aliphatic rings. The van der Waals surface area contributed by atoms with E-state index in [0.717, 1.165) is 30.9 Å². The van der Waals surface area contributed by atoms with Crippen molar-refractivity contribution in [3.63, 3.8) is 0 Å². The van der Waals surface area contributed by atoms with Crippen molar-refractivity contribution in [1.82, 2.24) is 15.5 Å². The molecule has 8 heteroatoms. The van der Waals surface area contributed by atoms with Crippen LogP contribution in [0.3, 0.4) is 0 Å². The van der Waals surface area contributed by atoms with Crippen LogP contribution in [0.5, 0.6) is 0 Å². The van der Waals surface area contributed by atoms with Crippen LogP contribution >= 0.6 is 0 Å². The van der Waals surface area contributed by atoms with Crippen LogP contribution in [0.15, 0.2) is 42.5 Å². The maximum Gasteiger partial charge on any atom is 0.226 e. The molecule has 0 spiro atoms. The van der Waals surface area contributed by atoms with Gasteiger partial charge in [-0.2, -0.15) is 0 Å². The second kappa shape index (κ2) is 15.1. The third-order valence-corrected chi connectivity index (χ3v) is 7.48. The summed E-state index contributed by atoms with van der Waals surface area (Å²) >= 11 is 0. The second-order valence-corrected chi connectivity index (χ2v) is 10.6. The molecule has 0 heterocycles. The number of nitrogens with one attached hydrogen (secondary N) is 2. The van der Waals surface area contributed by atoms with Gasteiger partial charge < -0.3 is 20.6 Å². The van der Waals surface area contributed by atoms with Gasteiger partial charge in [-0.3, -0.25) is 9.59 Å². The largest absolute Gasteiger partial charge is 0.390 e. The van der Waals surface area contributed by atoms with E-state index in [1.54, 1.807) is 0 Å². The number of nitrogens with zero attached hydrogens (tertiary/aromatic N) is 1. The van der Waals surface area contributed by atoms with Crippen molar-refractivity contribution in [3.8, 4) is 0 Å². The zero-order chi connectivity index (χ0) is 28.4. The van der Waals surface area contributed by atoms with Gasteiger partial charge in [-0.15, -0.1) is 0 Å². The van der Waals surface area contributed by atoms with Crippen LogP contribution in [0.2, 0.25) is 0 Å². The molecule has 0 saturated heterocycles. The fraction of sp³-hybridized carbons (Fsp3) is 0.548. The average molecular weight is 544 g/mol. The highest BCUT2D eigenvalue weighted by Gasteiger charge is 2.43. The summed E-state index contributed by atoms with van der Waals surface area (Å²) in [6, 6.07) is 10.6. The van der Waals surface area contributed by atoms with Crippen molar-refractivity contribution in [3.05, 3.63) is 70.8 Å². The van der Waals surface area contributed by atoms with Crippen molar-refractivity contribution >= 4 is 11.8 Å². The van der Waals surface area contributed by atoms with Crippen LogP contribution in [0.1, 0.15) is 63.1 Å². The van der Waals surface area contributed by atoms with Gasteiger partial charge in [0.1, 0.15) is 11.6 Å². The average Bonchev–Trinajstić information content (AvgIpc) is 2.87. The number of rotatable bonds is 15. The second-order valence-electron chi connectivity index (χ2n) is 10.6. The van der Waals surface area contributed by atoms with Crippen molar-refractivity contribution in [1.29, 1.82) is 0 Å². The molecule has 0 aromatic heterocycles. The Labute approximate surface area is 231 Å². The predicted molar refractivity (Wildman–Crippen MR) is 149 cm³/mol. The van der Waals surface area contributed by atoms with Gasteiger partial charge in [-0.25, -0.2) is 8.78 Å². The van der Waals surface area contributed by atoms with Gasteiger partial charge in [0.2, 0.25) is 11.8 Å². The van der Waals surface area contributed by atoms with Crippen molar-refractivity contribution in [2.24, 2.45) is 11.8 Å². The van der Waals surface area contributed by atoms with Gasteiger partial charge in [0.25, 0.3) is 0 Å². The van der Waals surface area contributed by atoms with E-state index in [0.29, 0.717) is 38.0 Å². The first-order chi connectivity index (χ1) is 18.7. The highest BCUT2D eigenvalue weighted by molar-refractivity contribution is 5.89. The van der Waals surface area contributed by atoms with E-state index in [-0.39, 0.29) is 30.7 Å². The third-order valence-electron chi connectivity index (χ3n) is 7.48. The number of hydrogen-bond acceptors (Lipinski definition) is 4. The van der Waals surface area contributed by atoms with E-state index in [1.807, 2.05) is 30.9 Å². The molecule has 2 unspecified atom stereocenters. The molecular formula is C31H43F2N3O3. The number of aliphatic hydroxyl groups excluding tert-OH is 1. The summed E-state index contributed by atoms with van der Waals surface area (Å²) in [6.45, 7) is 8.17. The fourth-order valence-electron chi connectivity index (χ4n) is 5.24. The molecular weight excluding hydrogens is 500 g/mol. The van der Waals surface area contributed by atoms with Crippen LogP contribution in [-0.4, -0.2) is 53.6 Å². The summed E-state index contributed by atoms with van der Waals surface area (Å²) in [5, 5.41) is 17.2. The van der Waals surface area contributed by atoms with Crippen LogP contribution in [0.25, 0.3) is 0 Å². The van der Waals surface area contributed by atoms with Gasteiger partial charge in [0.05, 0.1) is 12.1 Å². The molecule has 1 saturated carbocycles. The maximum absolute atomic E-state index is 13.9. The van der Waals surface area contributed by atoms with Crippen molar-refractivity contribution in [2.45, 2.75) is 78.0 Å². The quantitative estimate of drug-likeness (QED) is 0.312. The molecule has 4 atom stereocenters. The lowest BCUT2D eigenvalue weighted by molar-refractivity contribution is -0.148. The Morgan fingerprint density at radius 1 is 0.949 bits per heavy atom. The lowest BCUT2D eigenvalue weighted by Crippen LogP contribution is -2.54. The maximum atomic E-state index is 13.9. The normalized spacial score (nSPS) is 18.2. The summed E-state index contributed by atoms with van der Waals surface area (Å²) in [5.41, 5.74) is 2.63. The first-order valence-electron chi connectivity index (χ1n) is 14.3. The Morgan fingerprint density at radius 2 is 1.59 bits per heavy atom. The van der Waals surface area contributed by atoms with E-state index < -0.39 is 29.7 Å². The van der Waals surface area contributed by atoms with E-state index in [2.05, 4.69) is 29.7 Å². The Morgan fingerprint density at radius 3 is 2.18 bits per heavy atom. The summed E-state index contributed by atoms with van der Waals surface area (Å²) in [5.74, 6) is -2.58. The number of benzene rings is 2. The topological polar surface area (TPSA) is 81.7 Å². The fourth-order valence-corrected chi connectivity index (χ4v) is 5.24. The number of aliphatic hydroxyl groups is 1. The highest BCUT2D eigenvalue weighted by Crippen LogP contribution is 2.36. The molecule has 39 heavy (non-hydrogen) atoms. The minimum Gasteiger partial charge on any atom is -0.390 e. The Balaban J connectivity index is 1.68. The Kier molecular flexibility index (Phi) is 11.9. The van der Waals surface area contributed by atoms with E-state index in [9.17, 15) is 23.5 Å². The minimum atomic E-state index is -1.01. The van der Waals surface area contributed by atoms with Gasteiger partial charge >= 0.3 is 0 Å². The van der Waals surface area contributed by atoms with E-state index in [4.69, 9.17) is 0 Å². The molecule has 1 fully saturated rings. The summed E-state index contributed by atoms with van der Waals surface area (Å²) in [4.78, 5) is 28.3. The molecule has 1 aliphatic carbocycles. The van der Waals surface area contributed by atoms with Crippen LogP contribution in [0, 0.1) is 23.5 Å². The lowest BCUT2D eigenvalue weighted by Gasteiger charge is -2.39. The minimum absolute atomic E-state index is 0.00498. The summed E-state index contributed by atoms with van der Waals surface area (Å²) in [6.07, 6.45) is 2.92. The van der Waals surface area contributed by atoms with Gasteiger partial charge in [0.15, 0.2) is 0 Å². The van der Waals surface area contributed by atoms with Crippen LogP contribution < -0.4 is 10.6 Å². The van der Waals surface area contributed by atoms with Crippen LogP contribution in [-0.2, 0) is 29.0 Å². The number of carbonyl (C=O) groups excluding carboxylic acids is 2. The monoisotopic (exact) mass is 543 g/mol. The number of aryl methyl sites for hydroxylation is 1. The first-order valence-corrected chi connectivity index (χ1v) is 14.3. The Hall–Kier alpha value is -2.84. The summed E-state index contributed by atoms with van der Waals surface area (Å²) in [7, 11) is 0. The number of amides is 2. The zero-order valence-corrected chi connectivity index (χ0v) is 23.4. The summed E-state index contributed by atoms with van der Waals surface area (Å²) < 4.78 is 27.8. The molecule has 0 bridgehead atoms. The molecule has 0 aliphatic heterocycles. The first kappa shape index (κ1) is 30.7. The van der Waals surface area contributed by atoms with Crippen molar-refractivity contribution in [2.75, 3.05) is 19.6 Å². The standard InChI is InChI=1S/C31H43F2N3O3/c1-4-12-36(13-5-2)31(39)27-11-10-26(27)30(38)35-28(17-23-15-24(32)18-25(33)16-23)29(37)20-34-19-22-9-7-8-21(6-3)14-22/h7-9,14-16,18,26-29,34,37H,4-6,10-13,17,19-20H2,1-3H3,(H,35,38)/t26?,27?,28-,29+/m0/s1. The molecule has 3 N–H and O–H groups in total. The molecule has 214 valence electrons. The molecule has 3 rings (SSSR count). The predicted octanol–water partition coefficient (Wildman–Crippen LogP) is 4.38.